The van der Waals surface area contributed by atoms with Crippen molar-refractivity contribution in [3.05, 3.63) is 21.9 Å². The van der Waals surface area contributed by atoms with Gasteiger partial charge in [-0.2, -0.15) is 4.31 Å². The van der Waals surface area contributed by atoms with E-state index in [1.54, 1.807) is 0 Å². The highest BCUT2D eigenvalue weighted by molar-refractivity contribution is 9.10. The van der Waals surface area contributed by atoms with Gasteiger partial charge in [0.25, 0.3) is 0 Å². The Balaban J connectivity index is 2.33. The summed E-state index contributed by atoms with van der Waals surface area (Å²) in [5, 5.41) is -0.0904. The molecule has 21 heavy (non-hydrogen) atoms. The van der Waals surface area contributed by atoms with E-state index >= 15 is 0 Å². The van der Waals surface area contributed by atoms with Crippen LogP contribution >= 0.6 is 27.5 Å². The van der Waals surface area contributed by atoms with Crippen molar-refractivity contribution in [2.24, 2.45) is 11.8 Å². The van der Waals surface area contributed by atoms with E-state index in [9.17, 15) is 13.2 Å². The summed E-state index contributed by atoms with van der Waals surface area (Å²) in [6.07, 6.45) is 1.42. The van der Waals surface area contributed by atoms with Crippen molar-refractivity contribution in [1.29, 1.82) is 0 Å². The molecule has 0 radical (unpaired) electrons. The van der Waals surface area contributed by atoms with Crippen molar-refractivity contribution >= 4 is 43.5 Å². The molecule has 1 aromatic rings. The van der Waals surface area contributed by atoms with E-state index in [0.29, 0.717) is 4.47 Å². The van der Waals surface area contributed by atoms with Gasteiger partial charge in [-0.3, -0.25) is 4.79 Å². The molecule has 0 aromatic carbocycles. The maximum atomic E-state index is 12.6. The Morgan fingerprint density at radius 1 is 1.52 bits per heavy atom. The number of carbonyl (C=O) groups is 1. The first-order valence-corrected chi connectivity index (χ1v) is 8.77. The molecule has 0 amide bonds. The van der Waals surface area contributed by atoms with Crippen molar-refractivity contribution < 1.29 is 17.9 Å². The second-order valence-corrected chi connectivity index (χ2v) is 8.05. The van der Waals surface area contributed by atoms with E-state index in [1.807, 2.05) is 6.92 Å². The second-order valence-electron chi connectivity index (χ2n) is 4.87. The van der Waals surface area contributed by atoms with Gasteiger partial charge in [0.15, 0.2) is 0 Å². The van der Waals surface area contributed by atoms with Crippen LogP contribution in [0.25, 0.3) is 0 Å². The number of methoxy groups -OCH3 is 1. The smallest absolute Gasteiger partial charge is 0.310 e. The Hall–Kier alpha value is -0.700. The summed E-state index contributed by atoms with van der Waals surface area (Å²) in [6, 6.07) is 1.40. The van der Waals surface area contributed by atoms with Crippen LogP contribution in [0, 0.1) is 11.8 Å². The Morgan fingerprint density at radius 3 is 2.81 bits per heavy atom. The van der Waals surface area contributed by atoms with E-state index in [1.165, 1.54) is 23.7 Å². The summed E-state index contributed by atoms with van der Waals surface area (Å²) in [6.45, 7) is 2.14. The van der Waals surface area contributed by atoms with E-state index in [4.69, 9.17) is 16.3 Å². The normalized spacial score (nSPS) is 23.2. The molecule has 0 bridgehead atoms. The average Bonchev–Trinajstić information content (AvgIpc) is 2.83. The second kappa shape index (κ2) is 6.20. The van der Waals surface area contributed by atoms with E-state index in [-0.39, 0.29) is 29.1 Å². The lowest BCUT2D eigenvalue weighted by molar-refractivity contribution is -0.145. The first-order valence-electron chi connectivity index (χ1n) is 6.16. The van der Waals surface area contributed by atoms with Crippen LogP contribution < -0.4 is 0 Å². The maximum Gasteiger partial charge on any atom is 0.310 e. The van der Waals surface area contributed by atoms with Gasteiger partial charge in [0, 0.05) is 23.8 Å². The standard InChI is InChI=1S/C12H14BrClN2O4S/c1-7-5-16(6-9(7)12(17)20-2)21(18,19)10-3-8(13)4-15-11(10)14/h3-4,7,9H,5-6H2,1-2H3. The number of ether oxygens (including phenoxy) is 1. The summed E-state index contributed by atoms with van der Waals surface area (Å²) >= 11 is 9.07. The first kappa shape index (κ1) is 16.7. The van der Waals surface area contributed by atoms with Crippen LogP contribution in [0.1, 0.15) is 6.92 Å². The molecule has 0 N–H and O–H groups in total. The van der Waals surface area contributed by atoms with Gasteiger partial charge in [-0.1, -0.05) is 18.5 Å². The lowest BCUT2D eigenvalue weighted by atomic mass is 9.99. The SMILES string of the molecule is COC(=O)C1CN(S(=O)(=O)c2cc(Br)cnc2Cl)CC1C. The van der Waals surface area contributed by atoms with Crippen LogP contribution in [-0.2, 0) is 19.6 Å². The Bertz CT molecular complexity index is 667. The highest BCUT2D eigenvalue weighted by Gasteiger charge is 2.42. The number of hydrogen-bond donors (Lipinski definition) is 0. The highest BCUT2D eigenvalue weighted by atomic mass is 79.9. The predicted octanol–water partition coefficient (Wildman–Crippen LogP) is 1.93. The van der Waals surface area contributed by atoms with E-state index < -0.39 is 21.9 Å². The number of esters is 1. The monoisotopic (exact) mass is 396 g/mol. The number of pyridine rings is 1. The van der Waals surface area contributed by atoms with Gasteiger partial charge < -0.3 is 4.74 Å². The first-order chi connectivity index (χ1) is 9.77. The van der Waals surface area contributed by atoms with Gasteiger partial charge in [0.2, 0.25) is 10.0 Å². The van der Waals surface area contributed by atoms with Gasteiger partial charge in [0.05, 0.1) is 13.0 Å². The van der Waals surface area contributed by atoms with Crippen molar-refractivity contribution in [2.45, 2.75) is 11.8 Å². The fourth-order valence-electron chi connectivity index (χ4n) is 2.30. The van der Waals surface area contributed by atoms with E-state index in [2.05, 4.69) is 20.9 Å². The van der Waals surface area contributed by atoms with Crippen LogP contribution in [0.4, 0.5) is 0 Å². The molecule has 0 aliphatic carbocycles. The topological polar surface area (TPSA) is 76.6 Å². The molecule has 9 heteroatoms. The summed E-state index contributed by atoms with van der Waals surface area (Å²) in [7, 11) is -2.51. The summed E-state index contributed by atoms with van der Waals surface area (Å²) in [5.74, 6) is -0.992. The lowest BCUT2D eigenvalue weighted by Gasteiger charge is -2.16. The largest absolute Gasteiger partial charge is 0.469 e. The molecule has 1 aromatic heterocycles. The molecule has 2 unspecified atom stereocenters. The number of rotatable bonds is 3. The zero-order valence-corrected chi connectivity index (χ0v) is 14.6. The molecule has 1 saturated heterocycles. The third kappa shape index (κ3) is 3.23. The number of aromatic nitrogens is 1. The molecule has 2 rings (SSSR count). The fourth-order valence-corrected chi connectivity index (χ4v) is 4.79. The minimum Gasteiger partial charge on any atom is -0.469 e. The zero-order chi connectivity index (χ0) is 15.8. The lowest BCUT2D eigenvalue weighted by Crippen LogP contribution is -2.30. The zero-order valence-electron chi connectivity index (χ0n) is 11.4. The van der Waals surface area contributed by atoms with E-state index in [0.717, 1.165) is 0 Å². The molecule has 0 saturated carbocycles. The molecule has 116 valence electrons. The van der Waals surface area contributed by atoms with Crippen molar-refractivity contribution in [3.63, 3.8) is 0 Å². The van der Waals surface area contributed by atoms with Gasteiger partial charge in [-0.15, -0.1) is 0 Å². The van der Waals surface area contributed by atoms with Crippen LogP contribution in [0.2, 0.25) is 5.15 Å². The van der Waals surface area contributed by atoms with Crippen LogP contribution in [0.15, 0.2) is 21.6 Å². The minimum atomic E-state index is -3.80. The third-order valence-electron chi connectivity index (χ3n) is 3.47. The maximum absolute atomic E-state index is 12.6. The molecule has 2 heterocycles. The number of carbonyl (C=O) groups excluding carboxylic acids is 1. The molecule has 2 atom stereocenters. The van der Waals surface area contributed by atoms with Crippen LogP contribution in [-0.4, -0.2) is 43.9 Å². The number of halogens is 2. The molecule has 1 fully saturated rings. The fraction of sp³-hybridized carbons (Fsp3) is 0.500. The molecule has 1 aliphatic heterocycles. The summed E-state index contributed by atoms with van der Waals surface area (Å²) in [4.78, 5) is 15.4. The Kier molecular flexibility index (Phi) is 4.92. The molecule has 6 nitrogen and oxygen atoms in total. The number of hydrogen-bond acceptors (Lipinski definition) is 5. The number of nitrogens with zero attached hydrogens (tertiary/aromatic N) is 2. The summed E-state index contributed by atoms with van der Waals surface area (Å²) in [5.41, 5.74) is 0. The van der Waals surface area contributed by atoms with Crippen molar-refractivity contribution in [3.8, 4) is 0 Å². The molecular formula is C12H14BrClN2O4S. The van der Waals surface area contributed by atoms with Gasteiger partial charge in [0.1, 0.15) is 10.0 Å². The molecule has 1 aliphatic rings. The minimum absolute atomic E-state index is 0.0729. The predicted molar refractivity (Wildman–Crippen MR) is 80.4 cm³/mol. The van der Waals surface area contributed by atoms with Crippen molar-refractivity contribution in [1.82, 2.24) is 9.29 Å². The van der Waals surface area contributed by atoms with Gasteiger partial charge >= 0.3 is 5.97 Å². The third-order valence-corrected chi connectivity index (χ3v) is 6.17. The van der Waals surface area contributed by atoms with Crippen LogP contribution in [0.5, 0.6) is 0 Å². The Labute approximate surface area is 136 Å². The highest BCUT2D eigenvalue weighted by Crippen LogP contribution is 2.32. The average molecular weight is 398 g/mol. The summed E-state index contributed by atoms with van der Waals surface area (Å²) < 4.78 is 31.7. The quantitative estimate of drug-likeness (QED) is 0.575. The Morgan fingerprint density at radius 2 is 2.19 bits per heavy atom. The van der Waals surface area contributed by atoms with Gasteiger partial charge in [-0.25, -0.2) is 13.4 Å². The van der Waals surface area contributed by atoms with Gasteiger partial charge in [-0.05, 0) is 27.9 Å². The van der Waals surface area contributed by atoms with Crippen molar-refractivity contribution in [2.75, 3.05) is 20.2 Å². The molecular weight excluding hydrogens is 384 g/mol. The van der Waals surface area contributed by atoms with Crippen LogP contribution in [0.3, 0.4) is 0 Å². The number of sulfonamides is 1. The molecule has 0 spiro atoms.